The quantitative estimate of drug-likeness (QED) is 0.240. The number of hydrogen-bond acceptors (Lipinski definition) is 7. The predicted octanol–water partition coefficient (Wildman–Crippen LogP) is 5.55. The minimum atomic E-state index is -0.590. The first-order valence-electron chi connectivity index (χ1n) is 11.0. The zero-order valence-electron chi connectivity index (χ0n) is 19.8. The number of halogens is 1. The molecule has 0 unspecified atom stereocenters. The van der Waals surface area contributed by atoms with Crippen LogP contribution in [0.1, 0.15) is 21.5 Å². The van der Waals surface area contributed by atoms with Gasteiger partial charge in [0.2, 0.25) is 5.91 Å². The van der Waals surface area contributed by atoms with Gasteiger partial charge in [-0.25, -0.2) is 4.79 Å². The fourth-order valence-electron chi connectivity index (χ4n) is 3.37. The van der Waals surface area contributed by atoms with Crippen molar-refractivity contribution in [1.82, 2.24) is 4.90 Å². The molecule has 3 amide bonds. The molecule has 1 aliphatic rings. The van der Waals surface area contributed by atoms with Gasteiger partial charge in [-0.1, -0.05) is 35.4 Å². The number of nitrogens with one attached hydrogen (secondary N) is 1. The summed E-state index contributed by atoms with van der Waals surface area (Å²) >= 11 is 6.59. The smallest absolute Gasteiger partial charge is 0.343 e. The highest BCUT2D eigenvalue weighted by atomic mass is 35.5. The summed E-state index contributed by atoms with van der Waals surface area (Å²) in [6.45, 7) is 1.52. The van der Waals surface area contributed by atoms with Crippen molar-refractivity contribution in [2.45, 2.75) is 6.92 Å². The van der Waals surface area contributed by atoms with Crippen LogP contribution in [0.25, 0.3) is 6.08 Å². The van der Waals surface area contributed by atoms with Gasteiger partial charge in [0.25, 0.3) is 11.1 Å². The molecule has 188 valence electrons. The van der Waals surface area contributed by atoms with Gasteiger partial charge in [0.05, 0.1) is 17.6 Å². The second-order valence-electron chi connectivity index (χ2n) is 7.99. The number of amides is 3. The maximum atomic E-state index is 12.8. The number of esters is 1. The first-order valence-corrected chi connectivity index (χ1v) is 12.2. The standard InChI is InChI=1S/C27H21ClN2O6S/c1-16-3-10-20(11-4-16)29-24(31)15-30-25(32)23(37-27(30)34)14-17-5-12-21(22(13-17)35-2)36-26(33)18-6-8-19(28)9-7-18/h3-14H,15H2,1-2H3,(H,29,31)/b23-14-. The Labute approximate surface area is 222 Å². The lowest BCUT2D eigenvalue weighted by Gasteiger charge is -2.12. The van der Waals surface area contributed by atoms with Crippen LogP contribution in [0.2, 0.25) is 5.02 Å². The Kier molecular flexibility index (Phi) is 7.95. The van der Waals surface area contributed by atoms with E-state index in [0.717, 1.165) is 22.2 Å². The van der Waals surface area contributed by atoms with Gasteiger partial charge >= 0.3 is 5.97 Å². The van der Waals surface area contributed by atoms with E-state index < -0.39 is 29.6 Å². The summed E-state index contributed by atoms with van der Waals surface area (Å²) in [5.74, 6) is -1.21. The molecule has 0 radical (unpaired) electrons. The van der Waals surface area contributed by atoms with Crippen LogP contribution >= 0.6 is 23.4 Å². The van der Waals surface area contributed by atoms with Gasteiger partial charge in [0, 0.05) is 10.7 Å². The Morgan fingerprint density at radius 1 is 1.00 bits per heavy atom. The molecule has 3 aromatic rings. The maximum absolute atomic E-state index is 12.8. The first-order chi connectivity index (χ1) is 17.7. The molecule has 0 aliphatic carbocycles. The van der Waals surface area contributed by atoms with Crippen molar-refractivity contribution >= 4 is 58.1 Å². The van der Waals surface area contributed by atoms with E-state index in [-0.39, 0.29) is 16.4 Å². The van der Waals surface area contributed by atoms with Crippen LogP contribution in [0.5, 0.6) is 11.5 Å². The van der Waals surface area contributed by atoms with Gasteiger partial charge in [0.15, 0.2) is 11.5 Å². The molecule has 0 aromatic heterocycles. The lowest BCUT2D eigenvalue weighted by molar-refractivity contribution is -0.127. The number of methoxy groups -OCH3 is 1. The minimum Gasteiger partial charge on any atom is -0.493 e. The van der Waals surface area contributed by atoms with Crippen LogP contribution in [0.3, 0.4) is 0 Å². The van der Waals surface area contributed by atoms with Crippen molar-refractivity contribution in [2.24, 2.45) is 0 Å². The second kappa shape index (κ2) is 11.3. The van der Waals surface area contributed by atoms with Crippen molar-refractivity contribution in [1.29, 1.82) is 0 Å². The van der Waals surface area contributed by atoms with E-state index in [1.807, 2.05) is 19.1 Å². The summed E-state index contributed by atoms with van der Waals surface area (Å²) in [6, 6.07) is 18.1. The topological polar surface area (TPSA) is 102 Å². The zero-order chi connectivity index (χ0) is 26.5. The fourth-order valence-corrected chi connectivity index (χ4v) is 4.34. The molecule has 0 saturated carbocycles. The first kappa shape index (κ1) is 26.0. The number of hydrogen-bond donors (Lipinski definition) is 1. The van der Waals surface area contributed by atoms with Crippen molar-refractivity contribution in [3.8, 4) is 11.5 Å². The van der Waals surface area contributed by atoms with Crippen LogP contribution in [-0.4, -0.2) is 41.6 Å². The van der Waals surface area contributed by atoms with Gasteiger partial charge in [-0.15, -0.1) is 0 Å². The van der Waals surface area contributed by atoms with E-state index in [9.17, 15) is 19.2 Å². The minimum absolute atomic E-state index is 0.154. The van der Waals surface area contributed by atoms with Crippen LogP contribution in [0, 0.1) is 6.92 Å². The summed E-state index contributed by atoms with van der Waals surface area (Å²) in [4.78, 5) is 51.1. The number of carbonyl (C=O) groups is 4. The third-order valence-electron chi connectivity index (χ3n) is 5.28. The van der Waals surface area contributed by atoms with E-state index in [2.05, 4.69) is 5.32 Å². The normalized spacial score (nSPS) is 14.1. The number of anilines is 1. The van der Waals surface area contributed by atoms with Crippen LogP contribution in [0.4, 0.5) is 10.5 Å². The summed E-state index contributed by atoms with van der Waals surface area (Å²) in [5, 5.41) is 2.62. The Balaban J connectivity index is 1.44. The van der Waals surface area contributed by atoms with Gasteiger partial charge in [-0.05, 0) is 78.9 Å². The number of imide groups is 1. The number of benzene rings is 3. The Bertz CT molecular complexity index is 1400. The number of aryl methyl sites for hydroxylation is 1. The van der Waals surface area contributed by atoms with Crippen LogP contribution in [-0.2, 0) is 9.59 Å². The molecule has 0 bridgehead atoms. The number of carbonyl (C=O) groups excluding carboxylic acids is 4. The average molecular weight is 537 g/mol. The largest absolute Gasteiger partial charge is 0.493 e. The lowest BCUT2D eigenvalue weighted by atomic mass is 10.1. The molecule has 3 aromatic carbocycles. The van der Waals surface area contributed by atoms with Crippen LogP contribution < -0.4 is 14.8 Å². The lowest BCUT2D eigenvalue weighted by Crippen LogP contribution is -2.36. The molecule has 0 spiro atoms. The highest BCUT2D eigenvalue weighted by Gasteiger charge is 2.36. The zero-order valence-corrected chi connectivity index (χ0v) is 21.4. The van der Waals surface area contributed by atoms with Gasteiger partial charge in [0.1, 0.15) is 6.54 Å². The highest BCUT2D eigenvalue weighted by Crippen LogP contribution is 2.35. The van der Waals surface area contributed by atoms with Crippen molar-refractivity contribution in [3.63, 3.8) is 0 Å². The van der Waals surface area contributed by atoms with Gasteiger partial charge < -0.3 is 14.8 Å². The molecule has 1 N–H and O–H groups in total. The van der Waals surface area contributed by atoms with E-state index in [4.69, 9.17) is 21.1 Å². The predicted molar refractivity (Wildman–Crippen MR) is 142 cm³/mol. The number of nitrogens with zero attached hydrogens (tertiary/aromatic N) is 1. The van der Waals surface area contributed by atoms with E-state index in [1.54, 1.807) is 48.5 Å². The molecule has 1 heterocycles. The van der Waals surface area contributed by atoms with E-state index in [0.29, 0.717) is 21.8 Å². The molecule has 1 fully saturated rings. The molecular weight excluding hydrogens is 516 g/mol. The van der Waals surface area contributed by atoms with Crippen LogP contribution in [0.15, 0.2) is 71.6 Å². The van der Waals surface area contributed by atoms with Crippen molar-refractivity contribution in [2.75, 3.05) is 19.0 Å². The maximum Gasteiger partial charge on any atom is 0.343 e. The SMILES string of the molecule is COc1cc(/C=C2\SC(=O)N(CC(=O)Nc3ccc(C)cc3)C2=O)ccc1OC(=O)c1ccc(Cl)cc1. The Morgan fingerprint density at radius 2 is 1.70 bits per heavy atom. The molecule has 1 saturated heterocycles. The molecular formula is C27H21ClN2O6S. The van der Waals surface area contributed by atoms with E-state index >= 15 is 0 Å². The average Bonchev–Trinajstić information content (AvgIpc) is 3.13. The molecule has 37 heavy (non-hydrogen) atoms. The number of rotatable bonds is 7. The highest BCUT2D eigenvalue weighted by molar-refractivity contribution is 8.18. The van der Waals surface area contributed by atoms with Gasteiger partial charge in [-0.2, -0.15) is 0 Å². The second-order valence-corrected chi connectivity index (χ2v) is 9.42. The van der Waals surface area contributed by atoms with E-state index in [1.165, 1.54) is 19.3 Å². The number of thioether (sulfide) groups is 1. The Morgan fingerprint density at radius 3 is 2.38 bits per heavy atom. The summed E-state index contributed by atoms with van der Waals surface area (Å²) in [6.07, 6.45) is 1.51. The van der Waals surface area contributed by atoms with Gasteiger partial charge in [-0.3, -0.25) is 19.3 Å². The molecule has 1 aliphatic heterocycles. The molecule has 10 heteroatoms. The third-order valence-corrected chi connectivity index (χ3v) is 6.44. The van der Waals surface area contributed by atoms with Crippen molar-refractivity contribution in [3.05, 3.63) is 93.3 Å². The number of ether oxygens (including phenoxy) is 2. The third kappa shape index (κ3) is 6.38. The monoisotopic (exact) mass is 536 g/mol. The summed E-state index contributed by atoms with van der Waals surface area (Å²) in [7, 11) is 1.42. The van der Waals surface area contributed by atoms with Crippen molar-refractivity contribution < 1.29 is 28.7 Å². The summed E-state index contributed by atoms with van der Waals surface area (Å²) < 4.78 is 10.8. The molecule has 0 atom stereocenters. The molecule has 4 rings (SSSR count). The summed E-state index contributed by atoms with van der Waals surface area (Å²) in [5.41, 5.74) is 2.47. The Hall–Kier alpha value is -4.08. The molecule has 8 nitrogen and oxygen atoms in total. The fraction of sp³-hybridized carbons (Fsp3) is 0.111.